The van der Waals surface area contributed by atoms with Gasteiger partial charge in [-0.05, 0) is 30.7 Å². The highest BCUT2D eigenvalue weighted by Gasteiger charge is 2.13. The number of methoxy groups -OCH3 is 1. The summed E-state index contributed by atoms with van der Waals surface area (Å²) in [5, 5.41) is 10.3. The molecule has 0 radical (unpaired) electrons. The lowest BCUT2D eigenvalue weighted by atomic mass is 10.1. The fraction of sp³-hybridized carbons (Fsp3) is 0.190. The van der Waals surface area contributed by atoms with Crippen molar-refractivity contribution >= 4 is 22.7 Å². The monoisotopic (exact) mass is 393 g/mol. The molecule has 6 nitrogen and oxygen atoms in total. The summed E-state index contributed by atoms with van der Waals surface area (Å²) in [4.78, 5) is 12.0. The van der Waals surface area contributed by atoms with Crippen LogP contribution in [-0.4, -0.2) is 21.9 Å². The quantitative estimate of drug-likeness (QED) is 0.374. The Labute approximate surface area is 166 Å². The van der Waals surface area contributed by atoms with Crippen LogP contribution in [0.25, 0.3) is 22.4 Å². The first-order valence-corrected chi connectivity index (χ1v) is 9.74. The van der Waals surface area contributed by atoms with Crippen LogP contribution in [-0.2, 0) is 12.8 Å². The van der Waals surface area contributed by atoms with Gasteiger partial charge in [0.15, 0.2) is 11.0 Å². The normalized spacial score (nSPS) is 11.1. The minimum Gasteiger partial charge on any atom is -0.497 e. The van der Waals surface area contributed by atoms with Crippen LogP contribution in [0.3, 0.4) is 0 Å². The maximum Gasteiger partial charge on any atom is 0.336 e. The molecule has 7 heteroatoms. The Morgan fingerprint density at radius 3 is 2.79 bits per heavy atom. The number of rotatable bonds is 5. The largest absolute Gasteiger partial charge is 0.497 e. The summed E-state index contributed by atoms with van der Waals surface area (Å²) in [5.41, 5.74) is 3.22. The fourth-order valence-corrected chi connectivity index (χ4v) is 3.98. The molecule has 0 aliphatic carbocycles. The third-order valence-corrected chi connectivity index (χ3v) is 5.57. The summed E-state index contributed by atoms with van der Waals surface area (Å²) in [6.45, 7) is 2.05. The first-order valence-electron chi connectivity index (χ1n) is 8.75. The van der Waals surface area contributed by atoms with E-state index in [0.29, 0.717) is 17.1 Å². The minimum atomic E-state index is -0.380. The lowest BCUT2D eigenvalue weighted by molar-refractivity contribution is 0.414. The Morgan fingerprint density at radius 1 is 1.14 bits per heavy atom. The standard InChI is InChI=1S/C21H19N3O3S/c1-13-5-4-6-14(9-13)20-22-23-21(24(20)2)28-12-15-10-19(25)27-18-11-16(26-3)7-8-17(15)18/h4-11H,12H2,1-3H3. The minimum absolute atomic E-state index is 0.380. The van der Waals surface area contributed by atoms with E-state index in [4.69, 9.17) is 9.15 Å². The van der Waals surface area contributed by atoms with E-state index in [-0.39, 0.29) is 5.63 Å². The van der Waals surface area contributed by atoms with Crippen molar-refractivity contribution in [1.29, 1.82) is 0 Å². The molecule has 0 aliphatic heterocycles. The van der Waals surface area contributed by atoms with Gasteiger partial charge in [-0.2, -0.15) is 0 Å². The van der Waals surface area contributed by atoms with E-state index in [2.05, 4.69) is 29.3 Å². The smallest absolute Gasteiger partial charge is 0.336 e. The second-order valence-electron chi connectivity index (χ2n) is 6.48. The van der Waals surface area contributed by atoms with E-state index in [0.717, 1.165) is 27.5 Å². The van der Waals surface area contributed by atoms with Gasteiger partial charge in [0.1, 0.15) is 11.3 Å². The molecule has 0 spiro atoms. The van der Waals surface area contributed by atoms with Crippen LogP contribution < -0.4 is 10.4 Å². The molecule has 4 aromatic rings. The molecule has 0 saturated carbocycles. The number of ether oxygens (including phenoxy) is 1. The number of hydrogen-bond acceptors (Lipinski definition) is 6. The van der Waals surface area contributed by atoms with E-state index in [1.807, 2.05) is 35.9 Å². The highest BCUT2D eigenvalue weighted by Crippen LogP contribution is 2.29. The van der Waals surface area contributed by atoms with Crippen molar-refractivity contribution in [2.45, 2.75) is 17.8 Å². The highest BCUT2D eigenvalue weighted by molar-refractivity contribution is 7.98. The van der Waals surface area contributed by atoms with E-state index < -0.39 is 0 Å². The maximum absolute atomic E-state index is 12.0. The Balaban J connectivity index is 1.63. The van der Waals surface area contributed by atoms with E-state index in [1.165, 1.54) is 23.4 Å². The molecule has 4 rings (SSSR count). The number of nitrogens with zero attached hydrogens (tertiary/aromatic N) is 3. The third kappa shape index (κ3) is 3.53. The highest BCUT2D eigenvalue weighted by atomic mass is 32.2. The Hall–Kier alpha value is -3.06. The molecule has 0 aliphatic rings. The van der Waals surface area contributed by atoms with Gasteiger partial charge in [-0.15, -0.1) is 10.2 Å². The summed E-state index contributed by atoms with van der Waals surface area (Å²) in [6, 6.07) is 15.2. The van der Waals surface area contributed by atoms with Gasteiger partial charge >= 0.3 is 5.63 Å². The van der Waals surface area contributed by atoms with Crippen molar-refractivity contribution in [3.8, 4) is 17.1 Å². The zero-order valence-corrected chi connectivity index (χ0v) is 16.6. The molecule has 0 saturated heterocycles. The lowest BCUT2D eigenvalue weighted by Crippen LogP contribution is -2.01. The van der Waals surface area contributed by atoms with Crippen molar-refractivity contribution in [1.82, 2.24) is 14.8 Å². The maximum atomic E-state index is 12.0. The molecule has 2 heterocycles. The van der Waals surface area contributed by atoms with Crippen molar-refractivity contribution in [3.05, 3.63) is 70.1 Å². The van der Waals surface area contributed by atoms with Crippen molar-refractivity contribution < 1.29 is 9.15 Å². The second-order valence-corrected chi connectivity index (χ2v) is 7.42. The molecule has 0 amide bonds. The molecular formula is C21H19N3O3S. The second kappa shape index (κ2) is 7.52. The molecule has 0 N–H and O–H groups in total. The number of benzene rings is 2. The van der Waals surface area contributed by atoms with Gasteiger partial charge in [0.25, 0.3) is 0 Å². The average Bonchev–Trinajstić information content (AvgIpc) is 3.06. The molecule has 28 heavy (non-hydrogen) atoms. The van der Waals surface area contributed by atoms with Gasteiger partial charge in [-0.25, -0.2) is 4.79 Å². The molecular weight excluding hydrogens is 374 g/mol. The topological polar surface area (TPSA) is 70.2 Å². The molecule has 0 bridgehead atoms. The van der Waals surface area contributed by atoms with Crippen LogP contribution >= 0.6 is 11.8 Å². The third-order valence-electron chi connectivity index (χ3n) is 4.51. The average molecular weight is 393 g/mol. The van der Waals surface area contributed by atoms with E-state index >= 15 is 0 Å². The summed E-state index contributed by atoms with van der Waals surface area (Å²) in [7, 11) is 3.53. The molecule has 2 aromatic carbocycles. The first-order chi connectivity index (χ1) is 13.5. The Morgan fingerprint density at radius 2 is 2.00 bits per heavy atom. The number of thioether (sulfide) groups is 1. The van der Waals surface area contributed by atoms with Crippen LogP contribution in [0.4, 0.5) is 0 Å². The number of aryl methyl sites for hydroxylation is 1. The molecule has 0 unspecified atom stereocenters. The van der Waals surface area contributed by atoms with Gasteiger partial charge in [-0.3, -0.25) is 0 Å². The van der Waals surface area contributed by atoms with Gasteiger partial charge < -0.3 is 13.7 Å². The first kappa shape index (κ1) is 18.3. The van der Waals surface area contributed by atoms with Gasteiger partial charge in [0, 0.05) is 35.9 Å². The van der Waals surface area contributed by atoms with Crippen LogP contribution in [0, 0.1) is 6.92 Å². The van der Waals surface area contributed by atoms with Crippen LogP contribution in [0.5, 0.6) is 5.75 Å². The zero-order chi connectivity index (χ0) is 19.7. The predicted molar refractivity (Wildman–Crippen MR) is 110 cm³/mol. The predicted octanol–water partition coefficient (Wildman–Crippen LogP) is 4.20. The summed E-state index contributed by atoms with van der Waals surface area (Å²) in [5.74, 6) is 2.04. The van der Waals surface area contributed by atoms with Gasteiger partial charge in [0.05, 0.1) is 7.11 Å². The van der Waals surface area contributed by atoms with Crippen LogP contribution in [0.2, 0.25) is 0 Å². The summed E-state index contributed by atoms with van der Waals surface area (Å²) in [6.07, 6.45) is 0. The number of fused-ring (bicyclic) bond motifs is 1. The molecule has 142 valence electrons. The lowest BCUT2D eigenvalue weighted by Gasteiger charge is -2.07. The summed E-state index contributed by atoms with van der Waals surface area (Å²) >= 11 is 1.53. The number of aromatic nitrogens is 3. The van der Waals surface area contributed by atoms with Crippen molar-refractivity contribution in [3.63, 3.8) is 0 Å². The SMILES string of the molecule is COc1ccc2c(CSc3nnc(-c4cccc(C)c4)n3C)cc(=O)oc2c1. The van der Waals surface area contributed by atoms with Gasteiger partial charge in [-0.1, -0.05) is 35.5 Å². The van der Waals surface area contributed by atoms with E-state index in [1.54, 1.807) is 13.2 Å². The fourth-order valence-electron chi connectivity index (χ4n) is 3.08. The Bertz CT molecular complexity index is 1210. The molecule has 0 fully saturated rings. The zero-order valence-electron chi connectivity index (χ0n) is 15.8. The molecule has 0 atom stereocenters. The van der Waals surface area contributed by atoms with Crippen molar-refractivity contribution in [2.75, 3.05) is 7.11 Å². The Kier molecular flexibility index (Phi) is 4.92. The van der Waals surface area contributed by atoms with Crippen LogP contribution in [0.1, 0.15) is 11.1 Å². The number of hydrogen-bond donors (Lipinski definition) is 0. The van der Waals surface area contributed by atoms with E-state index in [9.17, 15) is 4.79 Å². The molecule has 2 aromatic heterocycles. The van der Waals surface area contributed by atoms with Crippen LogP contribution in [0.15, 0.2) is 62.9 Å². The van der Waals surface area contributed by atoms with Gasteiger partial charge in [0.2, 0.25) is 0 Å². The van der Waals surface area contributed by atoms with Crippen molar-refractivity contribution in [2.24, 2.45) is 7.05 Å². The summed E-state index contributed by atoms with van der Waals surface area (Å²) < 4.78 is 12.5.